The van der Waals surface area contributed by atoms with Gasteiger partial charge in [0.1, 0.15) is 0 Å². The van der Waals surface area contributed by atoms with Gasteiger partial charge in [0, 0.05) is 12.2 Å². The molecule has 110 valence electrons. The van der Waals surface area contributed by atoms with Crippen molar-refractivity contribution in [3.05, 3.63) is 30.3 Å². The van der Waals surface area contributed by atoms with Crippen molar-refractivity contribution in [2.45, 2.75) is 6.42 Å². The molecule has 1 aromatic rings. The molecule has 1 rings (SSSR count). The third-order valence-corrected chi connectivity index (χ3v) is 2.55. The lowest BCUT2D eigenvalue weighted by atomic mass is 10.3. The molecule has 0 aliphatic rings. The Hall–Kier alpha value is -2.08. The molecule has 0 saturated carbocycles. The van der Waals surface area contributed by atoms with E-state index < -0.39 is 0 Å². The zero-order chi connectivity index (χ0) is 14.8. The molecule has 0 bridgehead atoms. The Morgan fingerprint density at radius 2 is 1.80 bits per heavy atom. The summed E-state index contributed by atoms with van der Waals surface area (Å²) in [6.07, 6.45) is 0.884. The van der Waals surface area contributed by atoms with E-state index in [4.69, 9.17) is 0 Å². The molecule has 6 nitrogen and oxygen atoms in total. The van der Waals surface area contributed by atoms with Crippen LogP contribution in [0.5, 0.6) is 0 Å². The Kier molecular flexibility index (Phi) is 7.13. The number of carbonyl (C=O) groups excluding carboxylic acids is 2. The maximum Gasteiger partial charge on any atom is 0.319 e. The third kappa shape index (κ3) is 7.38. The van der Waals surface area contributed by atoms with Gasteiger partial charge in [0.15, 0.2) is 0 Å². The fraction of sp³-hybridized carbons (Fsp3) is 0.429. The average molecular weight is 278 g/mol. The van der Waals surface area contributed by atoms with E-state index >= 15 is 0 Å². The molecule has 3 amide bonds. The predicted octanol–water partition coefficient (Wildman–Crippen LogP) is 0.876. The van der Waals surface area contributed by atoms with E-state index in [1.165, 1.54) is 0 Å². The predicted molar refractivity (Wildman–Crippen MR) is 79.6 cm³/mol. The van der Waals surface area contributed by atoms with Crippen LogP contribution >= 0.6 is 0 Å². The number of nitrogens with one attached hydrogen (secondary N) is 3. The van der Waals surface area contributed by atoms with Crippen molar-refractivity contribution in [2.24, 2.45) is 0 Å². The number of hydrogen-bond acceptors (Lipinski definition) is 3. The molecule has 0 heterocycles. The number of anilines is 1. The van der Waals surface area contributed by atoms with Crippen LogP contribution in [-0.4, -0.2) is 50.6 Å². The Morgan fingerprint density at radius 1 is 1.10 bits per heavy atom. The van der Waals surface area contributed by atoms with E-state index in [0.717, 1.165) is 13.0 Å². The van der Waals surface area contributed by atoms with Crippen molar-refractivity contribution in [3.63, 3.8) is 0 Å². The van der Waals surface area contributed by atoms with E-state index in [9.17, 15) is 9.59 Å². The molecule has 0 spiro atoms. The van der Waals surface area contributed by atoms with Crippen molar-refractivity contribution in [3.8, 4) is 0 Å². The summed E-state index contributed by atoms with van der Waals surface area (Å²) >= 11 is 0. The van der Waals surface area contributed by atoms with Gasteiger partial charge in [-0.3, -0.25) is 4.79 Å². The van der Waals surface area contributed by atoms with Crippen LogP contribution in [0.15, 0.2) is 30.3 Å². The van der Waals surface area contributed by atoms with Crippen LogP contribution in [0.4, 0.5) is 10.5 Å². The monoisotopic (exact) mass is 278 g/mol. The van der Waals surface area contributed by atoms with Gasteiger partial charge in [0.05, 0.1) is 6.54 Å². The number of benzene rings is 1. The lowest BCUT2D eigenvalue weighted by Gasteiger charge is -2.10. The number of nitrogens with zero attached hydrogens (tertiary/aromatic N) is 1. The zero-order valence-electron chi connectivity index (χ0n) is 12.0. The van der Waals surface area contributed by atoms with Crippen molar-refractivity contribution in [1.29, 1.82) is 0 Å². The molecule has 0 radical (unpaired) electrons. The molecule has 0 atom stereocenters. The topological polar surface area (TPSA) is 73.5 Å². The summed E-state index contributed by atoms with van der Waals surface area (Å²) in [5.41, 5.74) is 0.691. The largest absolute Gasteiger partial charge is 0.355 e. The van der Waals surface area contributed by atoms with Crippen LogP contribution in [0.25, 0.3) is 0 Å². The molecule has 1 aromatic carbocycles. The van der Waals surface area contributed by atoms with Crippen molar-refractivity contribution in [1.82, 2.24) is 15.5 Å². The van der Waals surface area contributed by atoms with Gasteiger partial charge in [0.25, 0.3) is 0 Å². The summed E-state index contributed by atoms with van der Waals surface area (Å²) in [5, 5.41) is 7.90. The number of rotatable bonds is 7. The molecular formula is C14H22N4O2. The quantitative estimate of drug-likeness (QED) is 0.648. The lowest BCUT2D eigenvalue weighted by Crippen LogP contribution is -2.39. The fourth-order valence-electron chi connectivity index (χ4n) is 1.54. The minimum absolute atomic E-state index is 0.0272. The van der Waals surface area contributed by atoms with Crippen LogP contribution in [0, 0.1) is 0 Å². The van der Waals surface area contributed by atoms with E-state index in [-0.39, 0.29) is 18.5 Å². The molecule has 20 heavy (non-hydrogen) atoms. The van der Waals surface area contributed by atoms with Gasteiger partial charge < -0.3 is 20.9 Å². The first-order chi connectivity index (χ1) is 9.58. The van der Waals surface area contributed by atoms with Gasteiger partial charge in [-0.15, -0.1) is 0 Å². The third-order valence-electron chi connectivity index (χ3n) is 2.55. The maximum absolute atomic E-state index is 11.5. The van der Waals surface area contributed by atoms with Gasteiger partial charge in [-0.1, -0.05) is 18.2 Å². The Morgan fingerprint density at radius 3 is 2.45 bits per heavy atom. The van der Waals surface area contributed by atoms with Crippen molar-refractivity contribution in [2.75, 3.05) is 39.0 Å². The molecule has 6 heteroatoms. The SMILES string of the molecule is CN(C)CCCNC(=O)CNC(=O)Nc1ccccc1. The first-order valence-corrected chi connectivity index (χ1v) is 6.59. The summed E-state index contributed by atoms with van der Waals surface area (Å²) in [5.74, 6) is -0.188. The second kappa shape index (κ2) is 8.92. The number of para-hydroxylation sites is 1. The Balaban J connectivity index is 2.13. The molecule has 0 unspecified atom stereocenters. The van der Waals surface area contributed by atoms with Gasteiger partial charge in [-0.2, -0.15) is 0 Å². The summed E-state index contributed by atoms with van der Waals surface area (Å²) in [6, 6.07) is 8.69. The highest BCUT2D eigenvalue weighted by Crippen LogP contribution is 2.03. The van der Waals surface area contributed by atoms with Crippen LogP contribution in [0.3, 0.4) is 0 Å². The number of amides is 3. The zero-order valence-corrected chi connectivity index (χ0v) is 12.0. The number of hydrogen-bond donors (Lipinski definition) is 3. The van der Waals surface area contributed by atoms with E-state index in [0.29, 0.717) is 12.2 Å². The highest BCUT2D eigenvalue weighted by Gasteiger charge is 2.04. The van der Waals surface area contributed by atoms with Crippen molar-refractivity contribution >= 4 is 17.6 Å². The minimum atomic E-state index is -0.389. The fourth-order valence-corrected chi connectivity index (χ4v) is 1.54. The van der Waals surface area contributed by atoms with Gasteiger partial charge in [0.2, 0.25) is 5.91 Å². The molecule has 0 aliphatic carbocycles. The van der Waals surface area contributed by atoms with Crippen LogP contribution in [-0.2, 0) is 4.79 Å². The summed E-state index contributed by atoms with van der Waals surface area (Å²) < 4.78 is 0. The van der Waals surface area contributed by atoms with E-state index in [1.54, 1.807) is 12.1 Å². The van der Waals surface area contributed by atoms with Crippen molar-refractivity contribution < 1.29 is 9.59 Å². The van der Waals surface area contributed by atoms with Gasteiger partial charge >= 0.3 is 6.03 Å². The first kappa shape index (κ1) is 16.0. The lowest BCUT2D eigenvalue weighted by molar-refractivity contribution is -0.120. The smallest absolute Gasteiger partial charge is 0.319 e. The standard InChI is InChI=1S/C14H22N4O2/c1-18(2)10-6-9-15-13(19)11-16-14(20)17-12-7-4-3-5-8-12/h3-5,7-8H,6,9-11H2,1-2H3,(H,15,19)(H2,16,17,20). The van der Waals surface area contributed by atoms with Gasteiger partial charge in [-0.25, -0.2) is 4.79 Å². The van der Waals surface area contributed by atoms with E-state index in [1.807, 2.05) is 32.3 Å². The van der Waals surface area contributed by atoms with Crippen LogP contribution < -0.4 is 16.0 Å². The molecule has 0 fully saturated rings. The maximum atomic E-state index is 11.5. The molecule has 0 aliphatic heterocycles. The molecule has 3 N–H and O–H groups in total. The molecule has 0 aromatic heterocycles. The highest BCUT2D eigenvalue weighted by molar-refractivity contribution is 5.92. The minimum Gasteiger partial charge on any atom is -0.355 e. The first-order valence-electron chi connectivity index (χ1n) is 6.59. The summed E-state index contributed by atoms with van der Waals surface area (Å²) in [6.45, 7) is 1.50. The second-order valence-electron chi connectivity index (χ2n) is 4.68. The average Bonchev–Trinajstić information content (AvgIpc) is 2.42. The molecular weight excluding hydrogens is 256 g/mol. The van der Waals surface area contributed by atoms with E-state index in [2.05, 4.69) is 20.9 Å². The normalized spacial score (nSPS) is 10.2. The van der Waals surface area contributed by atoms with Gasteiger partial charge in [-0.05, 0) is 39.2 Å². The number of urea groups is 1. The number of carbonyl (C=O) groups is 2. The highest BCUT2D eigenvalue weighted by atomic mass is 16.2. The van der Waals surface area contributed by atoms with Crippen LogP contribution in [0.2, 0.25) is 0 Å². The van der Waals surface area contributed by atoms with Crippen LogP contribution in [0.1, 0.15) is 6.42 Å². The Labute approximate surface area is 119 Å². The Bertz CT molecular complexity index is 420. The summed E-state index contributed by atoms with van der Waals surface area (Å²) in [4.78, 5) is 25.1. The molecule has 0 saturated heterocycles. The second-order valence-corrected chi connectivity index (χ2v) is 4.68. The summed E-state index contributed by atoms with van der Waals surface area (Å²) in [7, 11) is 3.97.